The molecule has 0 atom stereocenters. The molecule has 1 aliphatic heterocycles. The summed E-state index contributed by atoms with van der Waals surface area (Å²) in [7, 11) is 0. The quantitative estimate of drug-likeness (QED) is 0.411. The lowest BCUT2D eigenvalue weighted by Crippen LogP contribution is -2.37. The summed E-state index contributed by atoms with van der Waals surface area (Å²) in [6, 6.07) is 18.8. The van der Waals surface area contributed by atoms with Gasteiger partial charge in [0, 0.05) is 35.7 Å². The SMILES string of the molecule is O=[N+]([O-])c1ccc(C2=Cc3ccc4ccccc4[n+]3[N-]C2)cc1. The minimum atomic E-state index is -0.388. The number of para-hydroxylation sites is 1. The Bertz CT molecular complexity index is 946. The molecule has 0 N–H and O–H groups in total. The first-order chi connectivity index (χ1) is 11.2. The highest BCUT2D eigenvalue weighted by atomic mass is 16.6. The molecule has 0 unspecified atom stereocenters. The monoisotopic (exact) mass is 303 g/mol. The number of nitrogens with zero attached hydrogens (tertiary/aromatic N) is 3. The van der Waals surface area contributed by atoms with Gasteiger partial charge >= 0.3 is 0 Å². The van der Waals surface area contributed by atoms with Gasteiger partial charge in [-0.05, 0) is 35.4 Å². The molecule has 3 aromatic rings. The molecule has 0 amide bonds. The van der Waals surface area contributed by atoms with Gasteiger partial charge in [0.1, 0.15) is 0 Å². The fraction of sp³-hybridized carbons (Fsp3) is 0.0556. The van der Waals surface area contributed by atoms with Gasteiger partial charge in [-0.25, -0.2) is 4.68 Å². The van der Waals surface area contributed by atoms with Gasteiger partial charge in [-0.15, -0.1) is 0 Å². The van der Waals surface area contributed by atoms with Crippen LogP contribution in [0.25, 0.3) is 28.0 Å². The third kappa shape index (κ3) is 2.32. The van der Waals surface area contributed by atoms with Crippen LogP contribution in [0.4, 0.5) is 5.69 Å². The van der Waals surface area contributed by atoms with Crippen LogP contribution in [0.5, 0.6) is 0 Å². The van der Waals surface area contributed by atoms with Gasteiger partial charge in [-0.1, -0.05) is 18.7 Å². The molecule has 5 heteroatoms. The highest BCUT2D eigenvalue weighted by molar-refractivity contribution is 5.85. The Labute approximate surface area is 132 Å². The van der Waals surface area contributed by atoms with E-state index in [1.54, 1.807) is 12.1 Å². The lowest BCUT2D eigenvalue weighted by molar-refractivity contribution is -0.599. The zero-order chi connectivity index (χ0) is 15.8. The van der Waals surface area contributed by atoms with Crippen LogP contribution in [0.2, 0.25) is 0 Å². The third-order valence-electron chi connectivity index (χ3n) is 4.00. The van der Waals surface area contributed by atoms with Crippen molar-refractivity contribution in [1.29, 1.82) is 0 Å². The van der Waals surface area contributed by atoms with E-state index in [9.17, 15) is 10.1 Å². The van der Waals surface area contributed by atoms with Crippen molar-refractivity contribution >= 4 is 28.2 Å². The highest BCUT2D eigenvalue weighted by Crippen LogP contribution is 2.25. The van der Waals surface area contributed by atoms with Crippen molar-refractivity contribution in [2.75, 3.05) is 6.54 Å². The van der Waals surface area contributed by atoms with Gasteiger partial charge in [0.2, 0.25) is 11.2 Å². The lowest BCUT2D eigenvalue weighted by Gasteiger charge is -2.24. The van der Waals surface area contributed by atoms with Crippen LogP contribution in [0, 0.1) is 10.1 Å². The molecule has 0 bridgehead atoms. The second-order valence-corrected chi connectivity index (χ2v) is 5.40. The second kappa shape index (κ2) is 5.21. The number of non-ortho nitro benzene ring substituents is 1. The maximum absolute atomic E-state index is 10.7. The van der Waals surface area contributed by atoms with Crippen LogP contribution in [0.15, 0.2) is 60.7 Å². The molecule has 2 heterocycles. The average molecular weight is 303 g/mol. The summed E-state index contributed by atoms with van der Waals surface area (Å²) >= 11 is 0. The number of rotatable bonds is 2. The summed E-state index contributed by atoms with van der Waals surface area (Å²) in [4.78, 5) is 10.4. The number of hydrogen-bond acceptors (Lipinski definition) is 2. The molecule has 5 nitrogen and oxygen atoms in total. The predicted molar refractivity (Wildman–Crippen MR) is 88.7 cm³/mol. The van der Waals surface area contributed by atoms with Crippen molar-refractivity contribution in [1.82, 2.24) is 0 Å². The van der Waals surface area contributed by atoms with Crippen LogP contribution >= 0.6 is 0 Å². The van der Waals surface area contributed by atoms with Gasteiger partial charge in [-0.3, -0.25) is 10.1 Å². The molecular weight excluding hydrogens is 290 g/mol. The summed E-state index contributed by atoms with van der Waals surface area (Å²) < 4.78 is 1.95. The number of nitro groups is 1. The summed E-state index contributed by atoms with van der Waals surface area (Å²) in [5, 5.41) is 11.9. The first kappa shape index (κ1) is 13.5. The molecule has 0 saturated heterocycles. The Morgan fingerprint density at radius 1 is 1.00 bits per heavy atom. The fourth-order valence-corrected chi connectivity index (χ4v) is 2.82. The minimum absolute atomic E-state index is 0.0999. The zero-order valence-electron chi connectivity index (χ0n) is 12.2. The van der Waals surface area contributed by atoms with Crippen molar-refractivity contribution in [2.45, 2.75) is 0 Å². The number of fused-ring (bicyclic) bond motifs is 3. The third-order valence-corrected chi connectivity index (χ3v) is 4.00. The minimum Gasteiger partial charge on any atom is -0.429 e. The number of hydrogen-bond donors (Lipinski definition) is 0. The van der Waals surface area contributed by atoms with Crippen LogP contribution in [-0.2, 0) is 0 Å². The molecule has 112 valence electrons. The standard InChI is InChI=1S/C18H13N3O2/c22-21(23)16-8-5-13(6-9-16)15-11-17-10-7-14-3-1-2-4-18(14)20(17)19-12-15/h1-11H,12H2. The summed E-state index contributed by atoms with van der Waals surface area (Å²) in [6.45, 7) is 0.545. The maximum atomic E-state index is 10.7. The first-order valence-corrected chi connectivity index (χ1v) is 7.29. The predicted octanol–water partition coefficient (Wildman–Crippen LogP) is 3.73. The van der Waals surface area contributed by atoms with E-state index >= 15 is 0 Å². The zero-order valence-corrected chi connectivity index (χ0v) is 12.2. The lowest BCUT2D eigenvalue weighted by atomic mass is 10.0. The van der Waals surface area contributed by atoms with Crippen LogP contribution in [0.3, 0.4) is 0 Å². The molecular formula is C18H13N3O2. The van der Waals surface area contributed by atoms with Gasteiger partial charge in [0.05, 0.1) is 4.92 Å². The molecule has 0 fully saturated rings. The van der Waals surface area contributed by atoms with E-state index < -0.39 is 0 Å². The molecule has 0 aliphatic carbocycles. The smallest absolute Gasteiger partial charge is 0.269 e. The molecule has 1 aliphatic rings. The summed E-state index contributed by atoms with van der Waals surface area (Å²) in [6.07, 6.45) is 2.08. The average Bonchev–Trinajstić information content (AvgIpc) is 2.61. The number of nitro benzene ring substituents is 1. The molecule has 1 aromatic heterocycles. The Morgan fingerprint density at radius 3 is 2.57 bits per heavy atom. The molecule has 0 radical (unpaired) electrons. The fourth-order valence-electron chi connectivity index (χ4n) is 2.82. The molecule has 0 saturated carbocycles. The summed E-state index contributed by atoms with van der Waals surface area (Å²) in [5.74, 6) is 0. The van der Waals surface area contributed by atoms with Crippen molar-refractivity contribution in [3.8, 4) is 0 Å². The molecule has 23 heavy (non-hydrogen) atoms. The van der Waals surface area contributed by atoms with Crippen molar-refractivity contribution in [3.05, 3.63) is 87.5 Å². The van der Waals surface area contributed by atoms with Crippen LogP contribution < -0.4 is 4.68 Å². The largest absolute Gasteiger partial charge is 0.429 e. The van der Waals surface area contributed by atoms with E-state index in [-0.39, 0.29) is 10.6 Å². The van der Waals surface area contributed by atoms with Crippen LogP contribution in [0.1, 0.15) is 11.3 Å². The van der Waals surface area contributed by atoms with Gasteiger partial charge in [0.15, 0.2) is 0 Å². The maximum Gasteiger partial charge on any atom is 0.269 e. The normalized spacial score (nSPS) is 13.1. The van der Waals surface area contributed by atoms with Gasteiger partial charge in [0.25, 0.3) is 5.69 Å². The Kier molecular flexibility index (Phi) is 3.05. The van der Waals surface area contributed by atoms with Crippen molar-refractivity contribution in [2.24, 2.45) is 0 Å². The number of pyridine rings is 1. The Hall–Kier alpha value is -3.21. The summed E-state index contributed by atoms with van der Waals surface area (Å²) in [5.41, 5.74) is 8.84. The second-order valence-electron chi connectivity index (χ2n) is 5.40. The Morgan fingerprint density at radius 2 is 1.78 bits per heavy atom. The van der Waals surface area contributed by atoms with E-state index in [1.807, 2.05) is 28.9 Å². The molecule has 0 spiro atoms. The first-order valence-electron chi connectivity index (χ1n) is 7.29. The van der Waals surface area contributed by atoms with E-state index in [1.165, 1.54) is 12.1 Å². The molecule has 2 aromatic carbocycles. The highest BCUT2D eigenvalue weighted by Gasteiger charge is 2.15. The topological polar surface area (TPSA) is 61.1 Å². The van der Waals surface area contributed by atoms with E-state index in [0.717, 1.165) is 27.7 Å². The van der Waals surface area contributed by atoms with Crippen LogP contribution in [-0.4, -0.2) is 11.5 Å². The number of benzene rings is 2. The van der Waals surface area contributed by atoms with E-state index in [4.69, 9.17) is 0 Å². The van der Waals surface area contributed by atoms with Crippen molar-refractivity contribution in [3.63, 3.8) is 0 Å². The van der Waals surface area contributed by atoms with Gasteiger partial charge < -0.3 is 5.43 Å². The number of aromatic nitrogens is 1. The van der Waals surface area contributed by atoms with E-state index in [0.29, 0.717) is 6.54 Å². The van der Waals surface area contributed by atoms with Gasteiger partial charge in [-0.2, -0.15) is 0 Å². The Balaban J connectivity index is 1.77. The molecule has 4 rings (SSSR count). The van der Waals surface area contributed by atoms with Crippen molar-refractivity contribution < 1.29 is 9.60 Å². The van der Waals surface area contributed by atoms with E-state index in [2.05, 4.69) is 23.6 Å².